The lowest BCUT2D eigenvalue weighted by molar-refractivity contribution is 0.194. The minimum atomic E-state index is -0.964. The minimum Gasteiger partial charge on any atom is -0.381 e. The van der Waals surface area contributed by atoms with Gasteiger partial charge >= 0.3 is 0 Å². The van der Waals surface area contributed by atoms with E-state index in [2.05, 4.69) is 32.3 Å². The molecule has 5 heterocycles. The van der Waals surface area contributed by atoms with Crippen LogP contribution in [0.1, 0.15) is 34.7 Å². The maximum atomic E-state index is 13.7. The first-order valence-electron chi connectivity index (χ1n) is 10.9. The number of thioether (sulfide) groups is 1. The summed E-state index contributed by atoms with van der Waals surface area (Å²) in [5.74, 6) is 1.11. The van der Waals surface area contributed by atoms with E-state index in [-0.39, 0.29) is 24.2 Å². The fourth-order valence-electron chi connectivity index (χ4n) is 4.09. The van der Waals surface area contributed by atoms with E-state index in [9.17, 15) is 14.9 Å². The average Bonchev–Trinajstić information content (AvgIpc) is 3.40. The van der Waals surface area contributed by atoms with Crippen LogP contribution in [0.15, 0.2) is 41.7 Å². The monoisotopic (exact) mass is 473 g/mol. The second kappa shape index (κ2) is 9.72. The zero-order chi connectivity index (χ0) is 23.5. The average molecular weight is 474 g/mol. The predicted molar refractivity (Wildman–Crippen MR) is 124 cm³/mol. The van der Waals surface area contributed by atoms with Gasteiger partial charge in [0, 0.05) is 36.2 Å². The number of pyridine rings is 2. The highest BCUT2D eigenvalue weighted by Gasteiger charge is 2.33. The molecular weight excluding hydrogens is 453 g/mol. The number of nitriles is 2. The quantitative estimate of drug-likeness (QED) is 0.495. The van der Waals surface area contributed by atoms with Crippen molar-refractivity contribution >= 4 is 17.6 Å². The lowest BCUT2D eigenvalue weighted by Gasteiger charge is -2.36. The Labute approximate surface area is 200 Å². The third kappa shape index (κ3) is 4.30. The molecule has 2 aliphatic heterocycles. The number of nitrogens with zero attached hydrogens (tertiary/aromatic N) is 7. The summed E-state index contributed by atoms with van der Waals surface area (Å²) in [5.41, 5.74) is 3.24. The fraction of sp³-hybridized carbons (Fsp3) is 0.333. The van der Waals surface area contributed by atoms with E-state index in [1.54, 1.807) is 23.4 Å². The third-order valence-electron chi connectivity index (χ3n) is 5.93. The Morgan fingerprint density at radius 3 is 2.65 bits per heavy atom. The molecule has 0 bridgehead atoms. The van der Waals surface area contributed by atoms with Crippen molar-refractivity contribution < 1.29 is 9.13 Å². The maximum Gasteiger partial charge on any atom is 0.148 e. The van der Waals surface area contributed by atoms with Crippen molar-refractivity contribution in [2.75, 3.05) is 31.2 Å². The molecule has 34 heavy (non-hydrogen) atoms. The van der Waals surface area contributed by atoms with Gasteiger partial charge in [-0.15, -0.1) is 0 Å². The lowest BCUT2D eigenvalue weighted by atomic mass is 9.96. The van der Waals surface area contributed by atoms with Gasteiger partial charge < -0.3 is 9.64 Å². The molecule has 1 atom stereocenters. The van der Waals surface area contributed by atoms with Crippen LogP contribution in [0.2, 0.25) is 0 Å². The fourth-order valence-corrected chi connectivity index (χ4v) is 4.97. The van der Waals surface area contributed by atoms with Crippen molar-refractivity contribution in [3.05, 3.63) is 59.0 Å². The molecule has 2 fully saturated rings. The van der Waals surface area contributed by atoms with Crippen LogP contribution < -0.4 is 4.90 Å². The molecule has 3 aromatic rings. The Kier molecular flexibility index (Phi) is 6.35. The zero-order valence-electron chi connectivity index (χ0n) is 18.2. The van der Waals surface area contributed by atoms with Crippen LogP contribution in [0.3, 0.4) is 0 Å². The van der Waals surface area contributed by atoms with Gasteiger partial charge in [0.2, 0.25) is 0 Å². The Hall–Kier alpha value is -3.60. The number of halogens is 1. The molecule has 0 radical (unpaired) electrons. The number of aromatic nitrogens is 4. The summed E-state index contributed by atoms with van der Waals surface area (Å²) >= 11 is 1.33. The van der Waals surface area contributed by atoms with E-state index in [1.807, 2.05) is 18.2 Å². The number of rotatable bonds is 6. The molecule has 0 N–H and O–H groups in total. The smallest absolute Gasteiger partial charge is 0.148 e. The predicted octanol–water partition coefficient (Wildman–Crippen LogP) is 3.63. The summed E-state index contributed by atoms with van der Waals surface area (Å²) in [6.45, 7) is 1.72. The van der Waals surface area contributed by atoms with E-state index in [4.69, 9.17) is 4.74 Å². The van der Waals surface area contributed by atoms with Crippen LogP contribution in [0.4, 0.5) is 10.2 Å². The normalized spacial score (nSPS) is 17.7. The molecule has 0 unspecified atom stereocenters. The van der Waals surface area contributed by atoms with Crippen LogP contribution in [-0.4, -0.2) is 52.6 Å². The summed E-state index contributed by atoms with van der Waals surface area (Å²) in [6, 6.07) is 11.9. The van der Waals surface area contributed by atoms with Gasteiger partial charge in [-0.25, -0.2) is 9.37 Å². The standard InChI is InChI=1S/C24H20FN7OS/c25-17-11-32(12-17)23-19(8-26)22(21-4-3-15(10-28-21)16-5-7-33-13-16)20(9-27)24(30-23)34-14-18-2-1-6-29-31-18/h1-4,6,10,16-17H,5,7,11-14H2/t16-/m0/s1. The van der Waals surface area contributed by atoms with Crippen molar-refractivity contribution in [2.45, 2.75) is 29.3 Å². The maximum absolute atomic E-state index is 13.7. The van der Waals surface area contributed by atoms with Gasteiger partial charge in [-0.2, -0.15) is 20.7 Å². The van der Waals surface area contributed by atoms with Gasteiger partial charge in [-0.1, -0.05) is 17.8 Å². The Bertz CT molecular complexity index is 1260. The van der Waals surface area contributed by atoms with E-state index in [1.165, 1.54) is 11.8 Å². The van der Waals surface area contributed by atoms with Crippen LogP contribution in [0.5, 0.6) is 0 Å². The summed E-state index contributed by atoms with van der Waals surface area (Å²) in [6.07, 6.45) is 3.35. The van der Waals surface area contributed by atoms with Gasteiger partial charge in [0.1, 0.15) is 34.7 Å². The lowest BCUT2D eigenvalue weighted by Crippen LogP contribution is -2.49. The van der Waals surface area contributed by atoms with E-state index in [0.717, 1.165) is 24.3 Å². The molecule has 0 amide bonds. The molecule has 0 aliphatic carbocycles. The highest BCUT2D eigenvalue weighted by atomic mass is 32.2. The molecule has 0 spiro atoms. The van der Waals surface area contributed by atoms with Gasteiger partial charge in [-0.05, 0) is 30.2 Å². The highest BCUT2D eigenvalue weighted by molar-refractivity contribution is 7.98. The van der Waals surface area contributed by atoms with Gasteiger partial charge in [0.25, 0.3) is 0 Å². The number of anilines is 1. The molecule has 3 aromatic heterocycles. The van der Waals surface area contributed by atoms with Crippen LogP contribution in [0, 0.1) is 22.7 Å². The van der Waals surface area contributed by atoms with Crippen LogP contribution in [-0.2, 0) is 10.5 Å². The Balaban J connectivity index is 1.58. The van der Waals surface area contributed by atoms with Crippen molar-refractivity contribution in [3.63, 3.8) is 0 Å². The molecule has 2 aliphatic rings. The van der Waals surface area contributed by atoms with Crippen molar-refractivity contribution in [1.82, 2.24) is 20.2 Å². The first kappa shape index (κ1) is 22.2. The number of alkyl halides is 1. The molecule has 10 heteroatoms. The zero-order valence-corrected chi connectivity index (χ0v) is 19.0. The number of hydrogen-bond donors (Lipinski definition) is 0. The molecule has 2 saturated heterocycles. The summed E-state index contributed by atoms with van der Waals surface area (Å²) < 4.78 is 19.1. The first-order valence-corrected chi connectivity index (χ1v) is 11.9. The molecule has 8 nitrogen and oxygen atoms in total. The third-order valence-corrected chi connectivity index (χ3v) is 6.94. The van der Waals surface area contributed by atoms with Gasteiger partial charge in [-0.3, -0.25) is 4.98 Å². The van der Waals surface area contributed by atoms with Gasteiger partial charge in [0.05, 0.1) is 36.6 Å². The summed E-state index contributed by atoms with van der Waals surface area (Å²) in [5, 5.41) is 28.6. The summed E-state index contributed by atoms with van der Waals surface area (Å²) in [4.78, 5) is 11.0. The largest absolute Gasteiger partial charge is 0.381 e. The highest BCUT2D eigenvalue weighted by Crippen LogP contribution is 2.39. The second-order valence-electron chi connectivity index (χ2n) is 8.13. The SMILES string of the molecule is N#Cc1c(SCc2cccnn2)nc(N2CC(F)C2)c(C#N)c1-c1ccc([C@H]2CCOC2)cn1. The minimum absolute atomic E-state index is 0.162. The molecular formula is C24H20FN7OS. The molecule has 0 saturated carbocycles. The molecule has 5 rings (SSSR count). The molecule has 0 aromatic carbocycles. The topological polar surface area (TPSA) is 112 Å². The van der Waals surface area contributed by atoms with E-state index in [0.29, 0.717) is 40.4 Å². The van der Waals surface area contributed by atoms with Crippen molar-refractivity contribution in [3.8, 4) is 23.4 Å². The second-order valence-corrected chi connectivity index (χ2v) is 9.10. The molecule has 170 valence electrons. The first-order chi connectivity index (χ1) is 16.7. The van der Waals surface area contributed by atoms with Crippen molar-refractivity contribution in [2.24, 2.45) is 0 Å². The summed E-state index contributed by atoms with van der Waals surface area (Å²) in [7, 11) is 0. The number of hydrogen-bond acceptors (Lipinski definition) is 9. The van der Waals surface area contributed by atoms with E-state index < -0.39 is 6.17 Å². The van der Waals surface area contributed by atoms with Gasteiger partial charge in [0.15, 0.2) is 0 Å². The number of ether oxygens (including phenoxy) is 1. The Morgan fingerprint density at radius 1 is 1.18 bits per heavy atom. The van der Waals surface area contributed by atoms with Crippen LogP contribution in [0.25, 0.3) is 11.3 Å². The Morgan fingerprint density at radius 2 is 2.03 bits per heavy atom. The van der Waals surface area contributed by atoms with E-state index >= 15 is 0 Å². The van der Waals surface area contributed by atoms with Crippen molar-refractivity contribution in [1.29, 1.82) is 10.5 Å². The van der Waals surface area contributed by atoms with Crippen LogP contribution >= 0.6 is 11.8 Å².